The summed E-state index contributed by atoms with van der Waals surface area (Å²) in [6.45, 7) is 0. The van der Waals surface area contributed by atoms with E-state index in [0.717, 1.165) is 0 Å². The van der Waals surface area contributed by atoms with Gasteiger partial charge in [-0.2, -0.15) is 15.8 Å². The van der Waals surface area contributed by atoms with Crippen LogP contribution in [0.5, 0.6) is 0 Å². The van der Waals surface area contributed by atoms with Crippen LogP contribution in [-0.4, -0.2) is 9.97 Å². The normalized spacial score (nSPS) is 8.89. The number of nitrogens with one attached hydrogen (secondary N) is 1. The Morgan fingerprint density at radius 1 is 1.00 bits per heavy atom. The van der Waals surface area contributed by atoms with Crippen molar-refractivity contribution in [3.05, 3.63) is 41.9 Å². The number of aromatic nitrogens is 2. The third-order valence-corrected chi connectivity index (χ3v) is 2.34. The fraction of sp³-hybridized carbons (Fsp3) is 0. The minimum atomic E-state index is -0.275. The van der Waals surface area contributed by atoms with Crippen LogP contribution in [0.15, 0.2) is 41.9 Å². The lowest BCUT2D eigenvalue weighted by Crippen LogP contribution is -2.02. The van der Waals surface area contributed by atoms with Crippen LogP contribution >= 0.6 is 0 Å². The maximum atomic E-state index is 8.98. The second kappa shape index (κ2) is 5.27. The average molecular weight is 246 g/mol. The summed E-state index contributed by atoms with van der Waals surface area (Å²) in [5.41, 5.74) is 1.35. The van der Waals surface area contributed by atoms with Crippen LogP contribution in [0.4, 0.5) is 5.69 Å². The molecule has 0 spiro atoms. The number of hydrogen-bond acceptors (Lipinski definition) is 6. The van der Waals surface area contributed by atoms with Crippen LogP contribution in [0.25, 0.3) is 11.0 Å². The van der Waals surface area contributed by atoms with Crippen LogP contribution in [0.3, 0.4) is 0 Å². The highest BCUT2D eigenvalue weighted by Gasteiger charge is 2.09. The lowest BCUT2D eigenvalue weighted by atomic mass is 10.2. The molecule has 0 atom stereocenters. The van der Waals surface area contributed by atoms with Gasteiger partial charge < -0.3 is 5.32 Å². The first-order valence-corrected chi connectivity index (χ1v) is 5.21. The molecule has 0 unspecified atom stereocenters. The molecule has 0 bridgehead atoms. The van der Waals surface area contributed by atoms with Gasteiger partial charge >= 0.3 is 0 Å². The molecule has 0 aliphatic rings. The third-order valence-electron chi connectivity index (χ3n) is 2.34. The van der Waals surface area contributed by atoms with Gasteiger partial charge in [-0.25, -0.2) is 0 Å². The standard InChI is InChI=1S/C13H6N6/c14-6-9(7-15)12(8-16)19-11-3-1-2-10-13(11)18-5-4-17-10/h1-5,19H. The molecule has 1 aromatic heterocycles. The summed E-state index contributed by atoms with van der Waals surface area (Å²) >= 11 is 0. The number of nitriles is 3. The minimum absolute atomic E-state index is 0.108. The first-order chi connectivity index (χ1) is 9.30. The van der Waals surface area contributed by atoms with Crippen molar-refractivity contribution in [2.24, 2.45) is 0 Å². The maximum absolute atomic E-state index is 8.98. The quantitative estimate of drug-likeness (QED) is 0.810. The molecule has 1 N–H and O–H groups in total. The summed E-state index contributed by atoms with van der Waals surface area (Å²) in [4.78, 5) is 8.29. The van der Waals surface area contributed by atoms with Gasteiger partial charge in [-0.05, 0) is 12.1 Å². The molecule has 19 heavy (non-hydrogen) atoms. The first kappa shape index (κ1) is 12.0. The summed E-state index contributed by atoms with van der Waals surface area (Å²) in [6.07, 6.45) is 3.09. The smallest absolute Gasteiger partial charge is 0.163 e. The number of para-hydroxylation sites is 1. The number of fused-ring (bicyclic) bond motifs is 1. The highest BCUT2D eigenvalue weighted by molar-refractivity contribution is 5.88. The Bertz CT molecular complexity index is 764. The Labute approximate surface area is 108 Å². The van der Waals surface area contributed by atoms with Crippen molar-refractivity contribution < 1.29 is 0 Å². The summed E-state index contributed by atoms with van der Waals surface area (Å²) in [6, 6.07) is 10.3. The van der Waals surface area contributed by atoms with Crippen molar-refractivity contribution in [3.8, 4) is 18.2 Å². The van der Waals surface area contributed by atoms with Crippen molar-refractivity contribution in [3.63, 3.8) is 0 Å². The number of allylic oxidation sites excluding steroid dienone is 2. The van der Waals surface area contributed by atoms with E-state index in [4.69, 9.17) is 15.8 Å². The molecule has 0 fully saturated rings. The molecular formula is C13H6N6. The second-order valence-corrected chi connectivity index (χ2v) is 3.44. The zero-order valence-corrected chi connectivity index (χ0v) is 9.62. The van der Waals surface area contributed by atoms with Crippen LogP contribution in [-0.2, 0) is 0 Å². The molecule has 0 saturated heterocycles. The van der Waals surface area contributed by atoms with Gasteiger partial charge in [-0.15, -0.1) is 0 Å². The predicted molar refractivity (Wildman–Crippen MR) is 67.0 cm³/mol. The van der Waals surface area contributed by atoms with Crippen molar-refractivity contribution in [2.75, 3.05) is 5.32 Å². The molecule has 1 aromatic carbocycles. The van der Waals surface area contributed by atoms with Gasteiger partial charge in [0.05, 0.1) is 11.2 Å². The Balaban J connectivity index is 2.54. The summed E-state index contributed by atoms with van der Waals surface area (Å²) in [5.74, 6) is 0. The summed E-state index contributed by atoms with van der Waals surface area (Å²) in [5, 5.41) is 29.3. The van der Waals surface area contributed by atoms with Crippen molar-refractivity contribution >= 4 is 16.7 Å². The summed E-state index contributed by atoms with van der Waals surface area (Å²) < 4.78 is 0. The Morgan fingerprint density at radius 3 is 2.42 bits per heavy atom. The van der Waals surface area contributed by atoms with Gasteiger partial charge in [-0.3, -0.25) is 9.97 Å². The van der Waals surface area contributed by atoms with E-state index in [1.54, 1.807) is 42.6 Å². The van der Waals surface area contributed by atoms with Crippen molar-refractivity contribution in [1.82, 2.24) is 9.97 Å². The Kier molecular flexibility index (Phi) is 3.34. The fourth-order valence-electron chi connectivity index (χ4n) is 1.51. The van der Waals surface area contributed by atoms with Crippen molar-refractivity contribution in [1.29, 1.82) is 15.8 Å². The predicted octanol–water partition coefficient (Wildman–Crippen LogP) is 1.87. The van der Waals surface area contributed by atoms with E-state index in [1.165, 1.54) is 6.20 Å². The molecule has 2 rings (SSSR count). The van der Waals surface area contributed by atoms with E-state index in [9.17, 15) is 0 Å². The second-order valence-electron chi connectivity index (χ2n) is 3.44. The van der Waals surface area contributed by atoms with E-state index >= 15 is 0 Å². The monoisotopic (exact) mass is 246 g/mol. The lowest BCUT2D eigenvalue weighted by Gasteiger charge is -2.06. The average Bonchev–Trinajstić information content (AvgIpc) is 2.47. The molecule has 6 heteroatoms. The van der Waals surface area contributed by atoms with E-state index < -0.39 is 0 Å². The van der Waals surface area contributed by atoms with E-state index in [-0.39, 0.29) is 11.3 Å². The SMILES string of the molecule is N#CC(C#N)=C(C#N)Nc1cccc2nccnc12. The highest BCUT2D eigenvalue weighted by Crippen LogP contribution is 2.21. The van der Waals surface area contributed by atoms with Gasteiger partial charge in [0.15, 0.2) is 5.57 Å². The first-order valence-electron chi connectivity index (χ1n) is 5.21. The van der Waals surface area contributed by atoms with E-state index in [1.807, 2.05) is 0 Å². The Morgan fingerprint density at radius 2 is 1.74 bits per heavy atom. The van der Waals surface area contributed by atoms with Gasteiger partial charge in [0, 0.05) is 12.4 Å². The molecule has 88 valence electrons. The zero-order chi connectivity index (χ0) is 13.7. The maximum Gasteiger partial charge on any atom is 0.163 e. The van der Waals surface area contributed by atoms with E-state index in [2.05, 4.69) is 15.3 Å². The van der Waals surface area contributed by atoms with Crippen molar-refractivity contribution in [2.45, 2.75) is 0 Å². The van der Waals surface area contributed by atoms with Crippen LogP contribution in [0.2, 0.25) is 0 Å². The van der Waals surface area contributed by atoms with Crippen LogP contribution < -0.4 is 5.32 Å². The molecule has 1 heterocycles. The van der Waals surface area contributed by atoms with Gasteiger partial charge in [0.25, 0.3) is 0 Å². The number of anilines is 1. The minimum Gasteiger partial charge on any atom is -0.343 e. The van der Waals surface area contributed by atoms with E-state index in [0.29, 0.717) is 16.7 Å². The van der Waals surface area contributed by atoms with Gasteiger partial charge in [0.1, 0.15) is 29.4 Å². The fourth-order valence-corrected chi connectivity index (χ4v) is 1.51. The number of hydrogen-bond donors (Lipinski definition) is 1. The van der Waals surface area contributed by atoms with Gasteiger partial charge in [0.2, 0.25) is 0 Å². The number of rotatable bonds is 2. The van der Waals surface area contributed by atoms with Crippen LogP contribution in [0, 0.1) is 34.0 Å². The van der Waals surface area contributed by atoms with Crippen LogP contribution in [0.1, 0.15) is 0 Å². The molecular weight excluding hydrogens is 240 g/mol. The number of nitrogens with zero attached hydrogens (tertiary/aromatic N) is 5. The lowest BCUT2D eigenvalue weighted by molar-refractivity contribution is 1.29. The molecule has 0 aliphatic carbocycles. The highest BCUT2D eigenvalue weighted by atomic mass is 14.9. The summed E-state index contributed by atoms with van der Waals surface area (Å²) in [7, 11) is 0. The topological polar surface area (TPSA) is 109 Å². The largest absolute Gasteiger partial charge is 0.343 e. The Hall–Kier alpha value is -3.43. The molecule has 0 saturated carbocycles. The molecule has 0 radical (unpaired) electrons. The number of benzene rings is 1. The van der Waals surface area contributed by atoms with Gasteiger partial charge in [-0.1, -0.05) is 6.07 Å². The third kappa shape index (κ3) is 2.31. The molecule has 2 aromatic rings. The molecule has 0 amide bonds. The zero-order valence-electron chi connectivity index (χ0n) is 9.62. The molecule has 0 aliphatic heterocycles. The molecule has 6 nitrogen and oxygen atoms in total.